The Morgan fingerprint density at radius 3 is 2.36 bits per heavy atom. The Morgan fingerprint density at radius 1 is 1.55 bits per heavy atom. The Hall–Kier alpha value is -1.18. The largest absolute Gasteiger partial charge is 0.505 e. The Morgan fingerprint density at radius 2 is 2.09 bits per heavy atom. The summed E-state index contributed by atoms with van der Waals surface area (Å²) in [6.45, 7) is 9.05. The molecule has 0 amide bonds. The minimum Gasteiger partial charge on any atom is -0.505 e. The van der Waals surface area contributed by atoms with Gasteiger partial charge in [-0.15, -0.1) is 0 Å². The first-order valence-electron chi connectivity index (χ1n) is 3.43. The van der Waals surface area contributed by atoms with E-state index < -0.39 is 0 Å². The molecule has 0 heterocycles. The highest BCUT2D eigenvalue weighted by Gasteiger charge is 1.98. The molecule has 0 saturated heterocycles. The highest BCUT2D eigenvalue weighted by molar-refractivity contribution is 5.25. The number of hydrogen-bond acceptors (Lipinski definition) is 2. The number of aliphatic hydroxyl groups excluding tert-OH is 1. The zero-order chi connectivity index (χ0) is 8.85. The highest BCUT2D eigenvalue weighted by atomic mass is 16.5. The van der Waals surface area contributed by atoms with Gasteiger partial charge >= 0.3 is 0 Å². The smallest absolute Gasteiger partial charge is 0.160 e. The van der Waals surface area contributed by atoms with Crippen molar-refractivity contribution < 1.29 is 9.84 Å². The van der Waals surface area contributed by atoms with Crippen LogP contribution in [0.1, 0.15) is 13.3 Å². The van der Waals surface area contributed by atoms with Crippen LogP contribution in [0.15, 0.2) is 36.3 Å². The fourth-order valence-corrected chi connectivity index (χ4v) is 0.548. The van der Waals surface area contributed by atoms with Crippen LogP contribution in [0.25, 0.3) is 0 Å². The number of rotatable bonds is 4. The van der Waals surface area contributed by atoms with Crippen molar-refractivity contribution in [1.29, 1.82) is 0 Å². The van der Waals surface area contributed by atoms with E-state index in [4.69, 9.17) is 9.84 Å². The van der Waals surface area contributed by atoms with E-state index in [1.165, 1.54) is 7.11 Å². The van der Waals surface area contributed by atoms with Crippen LogP contribution in [0.3, 0.4) is 0 Å². The van der Waals surface area contributed by atoms with Crippen LogP contribution in [-0.2, 0) is 4.74 Å². The number of methoxy groups -OCH3 is 1. The lowest BCUT2D eigenvalue weighted by Crippen LogP contribution is -1.90. The second-order valence-electron chi connectivity index (χ2n) is 2.17. The lowest BCUT2D eigenvalue weighted by molar-refractivity contribution is 0.257. The fraction of sp³-hybridized carbons (Fsp3) is 0.333. The van der Waals surface area contributed by atoms with Crippen LogP contribution >= 0.6 is 0 Å². The Labute approximate surface area is 67.5 Å². The summed E-state index contributed by atoms with van der Waals surface area (Å²) in [7, 11) is 1.48. The first kappa shape index (κ1) is 9.82. The molecule has 0 bridgehead atoms. The molecular formula is C9H14O2. The van der Waals surface area contributed by atoms with Gasteiger partial charge in [0.2, 0.25) is 0 Å². The Balaban J connectivity index is 4.35. The minimum atomic E-state index is -0.0675. The standard InChI is InChI=1S/C9H14O2/c1-5-7(2)6-9(11-4)8(3)10/h6,10H,2-3,5H2,1,4H3/b9-6+. The first-order valence-corrected chi connectivity index (χ1v) is 3.43. The summed E-state index contributed by atoms with van der Waals surface area (Å²) in [5, 5.41) is 8.93. The van der Waals surface area contributed by atoms with E-state index in [2.05, 4.69) is 13.2 Å². The third-order valence-corrected chi connectivity index (χ3v) is 1.29. The molecule has 0 aliphatic rings. The Bertz CT molecular complexity index is 190. The third-order valence-electron chi connectivity index (χ3n) is 1.29. The van der Waals surface area contributed by atoms with Gasteiger partial charge in [0.1, 0.15) is 5.76 Å². The topological polar surface area (TPSA) is 29.5 Å². The van der Waals surface area contributed by atoms with Gasteiger partial charge < -0.3 is 9.84 Å². The molecule has 11 heavy (non-hydrogen) atoms. The number of aliphatic hydroxyl groups is 1. The van der Waals surface area contributed by atoms with Crippen molar-refractivity contribution >= 4 is 0 Å². The van der Waals surface area contributed by atoms with Gasteiger partial charge in [-0.25, -0.2) is 0 Å². The molecule has 0 saturated carbocycles. The molecule has 0 aromatic heterocycles. The molecule has 0 aromatic carbocycles. The van der Waals surface area contributed by atoms with Crippen molar-refractivity contribution in [2.45, 2.75) is 13.3 Å². The molecule has 0 rings (SSSR count). The Kier molecular flexibility index (Phi) is 4.11. The minimum absolute atomic E-state index is 0.0675. The average Bonchev–Trinajstić information content (AvgIpc) is 1.99. The lowest BCUT2D eigenvalue weighted by atomic mass is 10.2. The van der Waals surface area contributed by atoms with Gasteiger partial charge in [-0.05, 0) is 12.5 Å². The summed E-state index contributed by atoms with van der Waals surface area (Å²) < 4.78 is 4.83. The van der Waals surface area contributed by atoms with E-state index >= 15 is 0 Å². The first-order chi connectivity index (χ1) is 5.11. The number of ether oxygens (including phenoxy) is 1. The van der Waals surface area contributed by atoms with Crippen LogP contribution in [0.2, 0.25) is 0 Å². The summed E-state index contributed by atoms with van der Waals surface area (Å²) in [5.74, 6) is 0.305. The second kappa shape index (κ2) is 4.61. The highest BCUT2D eigenvalue weighted by Crippen LogP contribution is 2.09. The molecule has 0 aliphatic heterocycles. The third kappa shape index (κ3) is 3.50. The van der Waals surface area contributed by atoms with Crippen molar-refractivity contribution in [2.24, 2.45) is 0 Å². The molecule has 2 nitrogen and oxygen atoms in total. The maximum atomic E-state index is 8.93. The van der Waals surface area contributed by atoms with E-state index in [9.17, 15) is 0 Å². The molecule has 1 N–H and O–H groups in total. The maximum absolute atomic E-state index is 8.93. The van der Waals surface area contributed by atoms with Gasteiger partial charge in [0, 0.05) is 0 Å². The molecule has 0 fully saturated rings. The molecular weight excluding hydrogens is 140 g/mol. The van der Waals surface area contributed by atoms with Gasteiger partial charge in [0.15, 0.2) is 5.76 Å². The summed E-state index contributed by atoms with van der Waals surface area (Å²) in [5.41, 5.74) is 0.900. The molecule has 0 spiro atoms. The number of allylic oxidation sites excluding steroid dienone is 2. The summed E-state index contributed by atoms with van der Waals surface area (Å²) in [4.78, 5) is 0. The van der Waals surface area contributed by atoms with Crippen LogP contribution in [0.5, 0.6) is 0 Å². The van der Waals surface area contributed by atoms with Gasteiger partial charge in [0.25, 0.3) is 0 Å². The quantitative estimate of drug-likeness (QED) is 0.498. The monoisotopic (exact) mass is 154 g/mol. The summed E-state index contributed by atoms with van der Waals surface area (Å²) >= 11 is 0. The average molecular weight is 154 g/mol. The second-order valence-corrected chi connectivity index (χ2v) is 2.17. The summed E-state index contributed by atoms with van der Waals surface area (Å²) in [6, 6.07) is 0. The normalized spacial score (nSPS) is 10.9. The molecule has 0 aliphatic carbocycles. The van der Waals surface area contributed by atoms with Crippen molar-refractivity contribution in [3.63, 3.8) is 0 Å². The van der Waals surface area contributed by atoms with Crippen LogP contribution in [0.4, 0.5) is 0 Å². The van der Waals surface area contributed by atoms with Crippen molar-refractivity contribution in [3.05, 3.63) is 36.3 Å². The lowest BCUT2D eigenvalue weighted by Gasteiger charge is -2.03. The van der Waals surface area contributed by atoms with E-state index in [0.717, 1.165) is 12.0 Å². The van der Waals surface area contributed by atoms with Gasteiger partial charge in [-0.2, -0.15) is 0 Å². The van der Waals surface area contributed by atoms with Crippen LogP contribution in [-0.4, -0.2) is 12.2 Å². The van der Waals surface area contributed by atoms with E-state index in [0.29, 0.717) is 5.76 Å². The zero-order valence-electron chi connectivity index (χ0n) is 7.05. The molecule has 0 aromatic rings. The van der Waals surface area contributed by atoms with E-state index in [-0.39, 0.29) is 5.76 Å². The van der Waals surface area contributed by atoms with Crippen LogP contribution < -0.4 is 0 Å². The van der Waals surface area contributed by atoms with Crippen molar-refractivity contribution in [1.82, 2.24) is 0 Å². The van der Waals surface area contributed by atoms with Gasteiger partial charge in [-0.3, -0.25) is 0 Å². The predicted molar refractivity (Wildman–Crippen MR) is 46.3 cm³/mol. The molecule has 0 unspecified atom stereocenters. The zero-order valence-corrected chi connectivity index (χ0v) is 7.05. The van der Waals surface area contributed by atoms with E-state index in [1.54, 1.807) is 6.08 Å². The van der Waals surface area contributed by atoms with Gasteiger partial charge in [0.05, 0.1) is 7.11 Å². The SMILES string of the molecule is C=C(/C=C(/OC)C(=C)O)CC. The summed E-state index contributed by atoms with van der Waals surface area (Å²) in [6.07, 6.45) is 2.50. The molecule has 0 atom stereocenters. The molecule has 2 heteroatoms. The van der Waals surface area contributed by atoms with Crippen molar-refractivity contribution in [3.8, 4) is 0 Å². The number of hydrogen-bond donors (Lipinski definition) is 1. The maximum Gasteiger partial charge on any atom is 0.160 e. The van der Waals surface area contributed by atoms with Crippen molar-refractivity contribution in [2.75, 3.05) is 7.11 Å². The van der Waals surface area contributed by atoms with E-state index in [1.807, 2.05) is 6.92 Å². The predicted octanol–water partition coefficient (Wildman–Crippen LogP) is 2.55. The van der Waals surface area contributed by atoms with Gasteiger partial charge in [-0.1, -0.05) is 25.7 Å². The molecule has 62 valence electrons. The van der Waals surface area contributed by atoms with Crippen LogP contribution in [0, 0.1) is 0 Å². The fourth-order valence-electron chi connectivity index (χ4n) is 0.548. The molecule has 0 radical (unpaired) electrons.